The van der Waals surface area contributed by atoms with Crippen molar-refractivity contribution in [3.05, 3.63) is 0 Å². The second-order valence-electron chi connectivity index (χ2n) is 2.19. The maximum absolute atomic E-state index is 5.32. The molecule has 0 aliphatic carbocycles. The van der Waals surface area contributed by atoms with Gasteiger partial charge in [0.1, 0.15) is 19.6 Å². The van der Waals surface area contributed by atoms with Gasteiger partial charge in [-0.3, -0.25) is 0 Å². The first-order valence-corrected chi connectivity index (χ1v) is 3.66. The molecule has 0 heterocycles. The van der Waals surface area contributed by atoms with Crippen LogP contribution in [0.15, 0.2) is 0 Å². The highest BCUT2D eigenvalue weighted by molar-refractivity contribution is 4.20. The predicted octanol–water partition coefficient (Wildman–Crippen LogP) is -1.57. The fourth-order valence-electron chi connectivity index (χ4n) is 1.06. The van der Waals surface area contributed by atoms with Crippen molar-refractivity contribution in [2.75, 3.05) is 26.7 Å². The number of halogens is 1. The Morgan fingerprint density at radius 1 is 1.00 bits per heavy atom. The summed E-state index contributed by atoms with van der Waals surface area (Å²) in [5, 5.41) is 0. The van der Waals surface area contributed by atoms with Crippen LogP contribution < -0.4 is 4.70 Å². The van der Waals surface area contributed by atoms with E-state index >= 15 is 0 Å². The second kappa shape index (κ2) is 5.62. The van der Waals surface area contributed by atoms with Gasteiger partial charge in [-0.25, -0.2) is 4.84 Å². The lowest BCUT2D eigenvalue weighted by Crippen LogP contribution is -3.00. The molecule has 0 bridgehead atoms. The van der Waals surface area contributed by atoms with Gasteiger partial charge in [-0.1, -0.05) is 0 Å². The number of hydrogen-bond donors (Lipinski definition) is 0. The van der Waals surface area contributed by atoms with Crippen molar-refractivity contribution < 1.29 is 14.2 Å². The highest BCUT2D eigenvalue weighted by atomic mass is 19.0. The highest BCUT2D eigenvalue weighted by Gasteiger charge is 2.19. The summed E-state index contributed by atoms with van der Waals surface area (Å²) >= 11 is 0. The molecule has 0 saturated carbocycles. The van der Waals surface area contributed by atoms with E-state index in [1.807, 2.05) is 0 Å². The Morgan fingerprint density at radius 3 is 1.30 bits per heavy atom. The normalized spacial score (nSPS) is 10.8. The minimum atomic E-state index is 0. The Morgan fingerprint density at radius 2 is 1.30 bits per heavy atom. The van der Waals surface area contributed by atoms with E-state index in [0.29, 0.717) is 0 Å². The molecule has 0 rings (SSSR count). The first-order valence-electron chi connectivity index (χ1n) is 3.66. The van der Waals surface area contributed by atoms with E-state index in [4.69, 9.17) is 4.84 Å². The van der Waals surface area contributed by atoms with Gasteiger partial charge < -0.3 is 4.70 Å². The van der Waals surface area contributed by atoms with Gasteiger partial charge in [0.2, 0.25) is 0 Å². The number of hydroxylamine groups is 3. The molecule has 0 radical (unpaired) electrons. The SMILES string of the molecule is CC[N+](CC)(CC)OC.[F-]. The van der Waals surface area contributed by atoms with E-state index in [1.54, 1.807) is 7.11 Å². The average Bonchev–Trinajstić information content (AvgIpc) is 1.95. The average molecular weight is 151 g/mol. The molecule has 0 fully saturated rings. The predicted molar refractivity (Wildman–Crippen MR) is 38.9 cm³/mol. The van der Waals surface area contributed by atoms with E-state index in [2.05, 4.69) is 20.8 Å². The van der Waals surface area contributed by atoms with Gasteiger partial charge in [-0.05, 0) is 20.8 Å². The maximum Gasteiger partial charge on any atom is 0.106 e. The van der Waals surface area contributed by atoms with Crippen molar-refractivity contribution in [2.45, 2.75) is 20.8 Å². The Labute approximate surface area is 62.7 Å². The van der Waals surface area contributed by atoms with Gasteiger partial charge in [-0.2, -0.15) is 4.65 Å². The molecule has 0 aromatic heterocycles. The summed E-state index contributed by atoms with van der Waals surface area (Å²) in [6, 6.07) is 0. The number of nitrogens with zero attached hydrogens (tertiary/aromatic N) is 1. The number of rotatable bonds is 4. The first kappa shape index (κ1) is 12.5. The van der Waals surface area contributed by atoms with Gasteiger partial charge in [0.15, 0.2) is 0 Å². The van der Waals surface area contributed by atoms with Crippen molar-refractivity contribution >= 4 is 0 Å². The molecule has 0 N–H and O–H groups in total. The molecule has 10 heavy (non-hydrogen) atoms. The lowest BCUT2D eigenvalue weighted by molar-refractivity contribution is -1.10. The largest absolute Gasteiger partial charge is 1.00 e. The Hall–Kier alpha value is -0.150. The standard InChI is InChI=1S/C7H18NO.FH/c1-5-8(6-2,7-3)9-4;/h5-7H2,1-4H3;1H/q+1;/p-1. The molecule has 2 nitrogen and oxygen atoms in total. The fourth-order valence-corrected chi connectivity index (χ4v) is 1.06. The van der Waals surface area contributed by atoms with Gasteiger partial charge in [-0.15, -0.1) is 0 Å². The van der Waals surface area contributed by atoms with Crippen LogP contribution in [0.25, 0.3) is 0 Å². The monoisotopic (exact) mass is 151 g/mol. The molecule has 0 spiro atoms. The van der Waals surface area contributed by atoms with E-state index in [0.717, 1.165) is 24.3 Å². The Bertz CT molecular complexity index is 56.5. The zero-order valence-electron chi connectivity index (χ0n) is 7.35. The summed E-state index contributed by atoms with van der Waals surface area (Å²) in [5.41, 5.74) is 0. The molecule has 0 atom stereocenters. The molecule has 0 saturated heterocycles. The molecule has 0 aromatic carbocycles. The summed E-state index contributed by atoms with van der Waals surface area (Å²) in [6.45, 7) is 9.62. The second-order valence-corrected chi connectivity index (χ2v) is 2.19. The van der Waals surface area contributed by atoms with Crippen LogP contribution in [0.5, 0.6) is 0 Å². The van der Waals surface area contributed by atoms with Gasteiger partial charge in [0, 0.05) is 0 Å². The highest BCUT2D eigenvalue weighted by Crippen LogP contribution is 2.03. The zero-order chi connectivity index (χ0) is 7.33. The molecule has 0 aliphatic heterocycles. The van der Waals surface area contributed by atoms with Gasteiger partial charge in [0.05, 0.1) is 7.11 Å². The van der Waals surface area contributed by atoms with Crippen LogP contribution in [0.1, 0.15) is 20.8 Å². The summed E-state index contributed by atoms with van der Waals surface area (Å²) in [5.74, 6) is 0. The van der Waals surface area contributed by atoms with Gasteiger partial charge in [0.25, 0.3) is 0 Å². The summed E-state index contributed by atoms with van der Waals surface area (Å²) in [7, 11) is 1.77. The zero-order valence-corrected chi connectivity index (χ0v) is 7.35. The molecule has 3 heteroatoms. The lowest BCUT2D eigenvalue weighted by Gasteiger charge is -2.30. The third-order valence-electron chi connectivity index (χ3n) is 2.12. The van der Waals surface area contributed by atoms with Crippen molar-refractivity contribution in [3.8, 4) is 0 Å². The minimum absolute atomic E-state index is 0. The third-order valence-corrected chi connectivity index (χ3v) is 2.12. The summed E-state index contributed by atoms with van der Waals surface area (Å²) in [4.78, 5) is 5.32. The Kier molecular flexibility index (Phi) is 7.04. The van der Waals surface area contributed by atoms with E-state index in [-0.39, 0.29) is 4.70 Å². The molecule has 0 amide bonds. The van der Waals surface area contributed by atoms with Crippen LogP contribution in [-0.4, -0.2) is 31.4 Å². The van der Waals surface area contributed by atoms with Crippen LogP contribution >= 0.6 is 0 Å². The van der Waals surface area contributed by atoms with Crippen LogP contribution in [0, 0.1) is 0 Å². The molecular formula is C7H18FNO. The topological polar surface area (TPSA) is 9.23 Å². The van der Waals surface area contributed by atoms with Crippen LogP contribution in [0.3, 0.4) is 0 Å². The van der Waals surface area contributed by atoms with E-state index < -0.39 is 0 Å². The number of quaternary nitrogens is 1. The lowest BCUT2D eigenvalue weighted by atomic mass is 10.5. The van der Waals surface area contributed by atoms with Crippen molar-refractivity contribution in [1.29, 1.82) is 0 Å². The number of hydrogen-bond acceptors (Lipinski definition) is 1. The van der Waals surface area contributed by atoms with Crippen LogP contribution in [-0.2, 0) is 4.84 Å². The van der Waals surface area contributed by atoms with E-state index in [1.165, 1.54) is 0 Å². The molecule has 0 aromatic rings. The maximum atomic E-state index is 5.32. The minimum Gasteiger partial charge on any atom is -1.00 e. The van der Waals surface area contributed by atoms with Gasteiger partial charge >= 0.3 is 0 Å². The Balaban J connectivity index is 0. The summed E-state index contributed by atoms with van der Waals surface area (Å²) in [6.07, 6.45) is 0. The van der Waals surface area contributed by atoms with Crippen LogP contribution in [0.4, 0.5) is 0 Å². The molecular weight excluding hydrogens is 133 g/mol. The van der Waals surface area contributed by atoms with E-state index in [9.17, 15) is 0 Å². The fraction of sp³-hybridized carbons (Fsp3) is 1.00. The van der Waals surface area contributed by atoms with Crippen molar-refractivity contribution in [2.24, 2.45) is 0 Å². The smallest absolute Gasteiger partial charge is 0.106 e. The van der Waals surface area contributed by atoms with Crippen molar-refractivity contribution in [3.63, 3.8) is 0 Å². The summed E-state index contributed by atoms with van der Waals surface area (Å²) < 4.78 is 0.778. The molecule has 0 unspecified atom stereocenters. The molecule has 64 valence electrons. The molecule has 0 aliphatic rings. The third kappa shape index (κ3) is 2.62. The first-order chi connectivity index (χ1) is 4.24. The van der Waals surface area contributed by atoms with Crippen molar-refractivity contribution in [1.82, 2.24) is 0 Å². The quantitative estimate of drug-likeness (QED) is 0.348. The van der Waals surface area contributed by atoms with Crippen LogP contribution in [0.2, 0.25) is 0 Å².